The molecule has 2 aromatic carbocycles. The lowest BCUT2D eigenvalue weighted by Gasteiger charge is -2.08. The molecule has 0 saturated carbocycles. The van der Waals surface area contributed by atoms with Crippen LogP contribution in [0.2, 0.25) is 5.02 Å². The van der Waals surface area contributed by atoms with Gasteiger partial charge in [0.25, 0.3) is 11.6 Å². The van der Waals surface area contributed by atoms with Gasteiger partial charge in [-0.05, 0) is 30.3 Å². The second-order valence-electron chi connectivity index (χ2n) is 4.73. The van der Waals surface area contributed by atoms with E-state index in [-0.39, 0.29) is 17.0 Å². The molecule has 0 fully saturated rings. The number of nitro benzene ring substituents is 1. The van der Waals surface area contributed by atoms with Crippen molar-refractivity contribution in [2.75, 3.05) is 14.2 Å². The normalized spacial score (nSPS) is 10.5. The van der Waals surface area contributed by atoms with E-state index in [0.717, 1.165) is 6.21 Å². The number of hydrazone groups is 1. The predicted octanol–water partition coefficient (Wildman–Crippen LogP) is 3.03. The fraction of sp³-hybridized carbons (Fsp3) is 0.125. The molecule has 8 nitrogen and oxygen atoms in total. The number of amides is 1. The molecule has 0 saturated heterocycles. The SMILES string of the molecule is COc1cc(/C=N\NC(=O)c2ccc(Cl)cc2)c([N+](=O)[O-])cc1OC. The number of hydrogen-bond donors (Lipinski definition) is 1. The van der Waals surface area contributed by atoms with Gasteiger partial charge in [-0.2, -0.15) is 5.10 Å². The predicted molar refractivity (Wildman–Crippen MR) is 92.7 cm³/mol. The van der Waals surface area contributed by atoms with Crippen LogP contribution in [0.15, 0.2) is 41.5 Å². The van der Waals surface area contributed by atoms with Crippen LogP contribution in [0.3, 0.4) is 0 Å². The van der Waals surface area contributed by atoms with Gasteiger partial charge in [0.15, 0.2) is 11.5 Å². The molecular formula is C16H14ClN3O5. The highest BCUT2D eigenvalue weighted by molar-refractivity contribution is 6.30. The largest absolute Gasteiger partial charge is 0.493 e. The Balaban J connectivity index is 2.23. The molecule has 130 valence electrons. The number of carbonyl (C=O) groups is 1. The summed E-state index contributed by atoms with van der Waals surface area (Å²) < 4.78 is 10.1. The van der Waals surface area contributed by atoms with Crippen LogP contribution >= 0.6 is 11.6 Å². The second-order valence-corrected chi connectivity index (χ2v) is 5.17. The number of halogens is 1. The first-order valence-electron chi connectivity index (χ1n) is 6.95. The van der Waals surface area contributed by atoms with E-state index in [4.69, 9.17) is 21.1 Å². The van der Waals surface area contributed by atoms with Crippen LogP contribution in [-0.4, -0.2) is 31.3 Å². The Morgan fingerprint density at radius 1 is 1.20 bits per heavy atom. The topological polar surface area (TPSA) is 103 Å². The number of nitrogens with zero attached hydrogens (tertiary/aromatic N) is 2. The van der Waals surface area contributed by atoms with Crippen LogP contribution in [0.4, 0.5) is 5.69 Å². The van der Waals surface area contributed by atoms with Gasteiger partial charge in [0, 0.05) is 10.6 Å². The molecule has 0 aliphatic heterocycles. The van der Waals surface area contributed by atoms with Gasteiger partial charge in [-0.25, -0.2) is 5.43 Å². The monoisotopic (exact) mass is 363 g/mol. The number of nitro groups is 1. The first-order valence-corrected chi connectivity index (χ1v) is 7.33. The highest BCUT2D eigenvalue weighted by atomic mass is 35.5. The molecule has 0 heterocycles. The summed E-state index contributed by atoms with van der Waals surface area (Å²) >= 11 is 5.75. The third-order valence-corrected chi connectivity index (χ3v) is 3.46. The average molecular weight is 364 g/mol. The van der Waals surface area contributed by atoms with Crippen LogP contribution in [-0.2, 0) is 0 Å². The van der Waals surface area contributed by atoms with E-state index in [1.54, 1.807) is 12.1 Å². The van der Waals surface area contributed by atoms with Gasteiger partial charge in [-0.1, -0.05) is 11.6 Å². The fourth-order valence-corrected chi connectivity index (χ4v) is 2.10. The van der Waals surface area contributed by atoms with Crippen molar-refractivity contribution in [3.05, 3.63) is 62.7 Å². The molecule has 2 aromatic rings. The van der Waals surface area contributed by atoms with E-state index in [2.05, 4.69) is 10.5 Å². The molecule has 2 rings (SSSR count). The Labute approximate surface area is 148 Å². The maximum Gasteiger partial charge on any atom is 0.282 e. The zero-order valence-electron chi connectivity index (χ0n) is 13.4. The maximum atomic E-state index is 11.9. The molecule has 0 aromatic heterocycles. The number of ether oxygens (including phenoxy) is 2. The van der Waals surface area contributed by atoms with Crippen molar-refractivity contribution in [3.8, 4) is 11.5 Å². The van der Waals surface area contributed by atoms with Crippen molar-refractivity contribution in [2.24, 2.45) is 5.10 Å². The van der Waals surface area contributed by atoms with E-state index in [0.29, 0.717) is 16.3 Å². The summed E-state index contributed by atoms with van der Waals surface area (Å²) in [6.07, 6.45) is 1.16. The summed E-state index contributed by atoms with van der Waals surface area (Å²) in [5.74, 6) is 0.0474. The molecule has 0 atom stereocenters. The van der Waals surface area contributed by atoms with E-state index in [1.807, 2.05) is 0 Å². The number of benzene rings is 2. The van der Waals surface area contributed by atoms with Crippen molar-refractivity contribution in [3.63, 3.8) is 0 Å². The number of nitrogens with one attached hydrogen (secondary N) is 1. The standard InChI is InChI=1S/C16H14ClN3O5/c1-24-14-7-11(13(20(22)23)8-15(14)25-2)9-18-19-16(21)10-3-5-12(17)6-4-10/h3-9H,1-2H3,(H,19,21)/b18-9-. The van der Waals surface area contributed by atoms with E-state index in [9.17, 15) is 14.9 Å². The third-order valence-electron chi connectivity index (χ3n) is 3.21. The summed E-state index contributed by atoms with van der Waals surface area (Å²) in [6.45, 7) is 0. The Hall–Kier alpha value is -3.13. The van der Waals surface area contributed by atoms with Crippen molar-refractivity contribution in [1.29, 1.82) is 0 Å². The van der Waals surface area contributed by atoms with Crippen molar-refractivity contribution >= 4 is 29.4 Å². The average Bonchev–Trinajstić information content (AvgIpc) is 2.61. The Bertz CT molecular complexity index is 821. The van der Waals surface area contributed by atoms with E-state index >= 15 is 0 Å². The summed E-state index contributed by atoms with van der Waals surface area (Å²) in [4.78, 5) is 22.6. The first-order chi connectivity index (χ1) is 12.0. The zero-order chi connectivity index (χ0) is 18.4. The lowest BCUT2D eigenvalue weighted by atomic mass is 10.1. The summed E-state index contributed by atoms with van der Waals surface area (Å²) in [5, 5.41) is 15.4. The highest BCUT2D eigenvalue weighted by Crippen LogP contribution is 2.33. The fourth-order valence-electron chi connectivity index (χ4n) is 1.97. The number of rotatable bonds is 6. The Kier molecular flexibility index (Phi) is 5.91. The van der Waals surface area contributed by atoms with E-state index < -0.39 is 10.8 Å². The highest BCUT2D eigenvalue weighted by Gasteiger charge is 2.18. The van der Waals surface area contributed by atoms with Gasteiger partial charge in [-0.15, -0.1) is 0 Å². The minimum absolute atomic E-state index is 0.152. The Morgan fingerprint density at radius 2 is 1.80 bits per heavy atom. The molecule has 0 radical (unpaired) electrons. The molecular weight excluding hydrogens is 350 g/mol. The van der Waals surface area contributed by atoms with Crippen LogP contribution in [0.5, 0.6) is 11.5 Å². The molecule has 0 aliphatic carbocycles. The molecule has 0 spiro atoms. The maximum absolute atomic E-state index is 11.9. The molecule has 1 N–H and O–H groups in total. The van der Waals surface area contributed by atoms with Crippen molar-refractivity contribution in [2.45, 2.75) is 0 Å². The number of hydrogen-bond acceptors (Lipinski definition) is 6. The molecule has 0 unspecified atom stereocenters. The van der Waals surface area contributed by atoms with Gasteiger partial charge >= 0.3 is 0 Å². The first kappa shape index (κ1) is 18.2. The van der Waals surface area contributed by atoms with E-state index in [1.165, 1.54) is 38.5 Å². The summed E-state index contributed by atoms with van der Waals surface area (Å²) in [5.41, 5.74) is 2.56. The Morgan fingerprint density at radius 3 is 2.36 bits per heavy atom. The molecule has 25 heavy (non-hydrogen) atoms. The van der Waals surface area contributed by atoms with Crippen LogP contribution in [0.25, 0.3) is 0 Å². The van der Waals surface area contributed by atoms with Crippen molar-refractivity contribution in [1.82, 2.24) is 5.43 Å². The van der Waals surface area contributed by atoms with Gasteiger partial charge in [0.2, 0.25) is 0 Å². The van der Waals surface area contributed by atoms with Crippen molar-refractivity contribution < 1.29 is 19.2 Å². The smallest absolute Gasteiger partial charge is 0.282 e. The molecule has 1 amide bonds. The third kappa shape index (κ3) is 4.45. The molecule has 9 heteroatoms. The lowest BCUT2D eigenvalue weighted by molar-refractivity contribution is -0.385. The van der Waals surface area contributed by atoms with Gasteiger partial charge in [0.05, 0.1) is 37.0 Å². The molecule has 0 bridgehead atoms. The van der Waals surface area contributed by atoms with Crippen LogP contribution < -0.4 is 14.9 Å². The molecule has 0 aliphatic rings. The second kappa shape index (κ2) is 8.11. The minimum Gasteiger partial charge on any atom is -0.493 e. The van der Waals surface area contributed by atoms with Gasteiger partial charge in [-0.3, -0.25) is 14.9 Å². The lowest BCUT2D eigenvalue weighted by Crippen LogP contribution is -2.17. The van der Waals surface area contributed by atoms with Crippen LogP contribution in [0, 0.1) is 10.1 Å². The van der Waals surface area contributed by atoms with Crippen LogP contribution in [0.1, 0.15) is 15.9 Å². The summed E-state index contributed by atoms with van der Waals surface area (Å²) in [7, 11) is 2.79. The summed E-state index contributed by atoms with van der Waals surface area (Å²) in [6, 6.07) is 8.83. The number of methoxy groups -OCH3 is 2. The quantitative estimate of drug-likeness (QED) is 0.482. The van der Waals surface area contributed by atoms with Gasteiger partial charge < -0.3 is 9.47 Å². The van der Waals surface area contributed by atoms with Gasteiger partial charge in [0.1, 0.15) is 0 Å². The number of carbonyl (C=O) groups excluding carboxylic acids is 1. The zero-order valence-corrected chi connectivity index (χ0v) is 14.1. The minimum atomic E-state index is -0.579.